The minimum absolute atomic E-state index is 0.196. The monoisotopic (exact) mass is 302 g/mol. The van der Waals surface area contributed by atoms with Crippen LogP contribution >= 0.6 is 0 Å². The van der Waals surface area contributed by atoms with Crippen molar-refractivity contribution in [2.75, 3.05) is 13.1 Å². The van der Waals surface area contributed by atoms with Crippen LogP contribution in [0.15, 0.2) is 23.2 Å². The molecule has 2 aliphatic rings. The molecule has 1 spiro atoms. The molecule has 0 bridgehead atoms. The Kier molecular flexibility index (Phi) is 3.02. The van der Waals surface area contributed by atoms with Gasteiger partial charge >= 0.3 is 12.1 Å². The van der Waals surface area contributed by atoms with Crippen molar-refractivity contribution >= 4 is 24.0 Å². The number of benzene rings is 1. The van der Waals surface area contributed by atoms with Crippen molar-refractivity contribution in [2.24, 2.45) is 4.99 Å². The van der Waals surface area contributed by atoms with Crippen molar-refractivity contribution in [3.63, 3.8) is 0 Å². The summed E-state index contributed by atoms with van der Waals surface area (Å²) in [6.07, 6.45) is 1.40. The lowest BCUT2D eigenvalue weighted by atomic mass is 9.75. The number of ether oxygens (including phenoxy) is 1. The lowest BCUT2D eigenvalue weighted by Crippen LogP contribution is -2.62. The van der Waals surface area contributed by atoms with E-state index < -0.39 is 11.6 Å². The Morgan fingerprint density at radius 2 is 2.00 bits per heavy atom. The van der Waals surface area contributed by atoms with E-state index in [1.165, 1.54) is 0 Å². The van der Waals surface area contributed by atoms with Gasteiger partial charge in [0.05, 0.1) is 16.7 Å². The SMILES string of the molecule is CC(C)(C)OC(=O)N1CC2(C=Nc3c(C(=O)O)cccc32)C1. The molecule has 0 aromatic heterocycles. The molecule has 1 aromatic carbocycles. The zero-order valence-corrected chi connectivity index (χ0v) is 12.8. The number of nitrogens with zero attached hydrogens (tertiary/aromatic N) is 2. The van der Waals surface area contributed by atoms with Gasteiger partial charge in [0.2, 0.25) is 0 Å². The number of aliphatic imine (C=N–C) groups is 1. The maximum absolute atomic E-state index is 12.0. The van der Waals surface area contributed by atoms with E-state index in [4.69, 9.17) is 4.74 Å². The predicted octanol–water partition coefficient (Wildman–Crippen LogP) is 2.59. The third kappa shape index (κ3) is 2.24. The number of hydrogen-bond donors (Lipinski definition) is 1. The van der Waals surface area contributed by atoms with Crippen molar-refractivity contribution in [2.45, 2.75) is 31.8 Å². The second-order valence-electron chi connectivity index (χ2n) is 6.76. The van der Waals surface area contributed by atoms with Crippen LogP contribution in [0.5, 0.6) is 0 Å². The molecule has 1 aromatic rings. The maximum Gasteiger partial charge on any atom is 0.410 e. The van der Waals surface area contributed by atoms with Crippen LogP contribution in [0.1, 0.15) is 36.7 Å². The fourth-order valence-electron chi connectivity index (χ4n) is 2.86. The summed E-state index contributed by atoms with van der Waals surface area (Å²) in [5, 5.41) is 9.22. The normalized spacial score (nSPS) is 18.0. The highest BCUT2D eigenvalue weighted by Crippen LogP contribution is 2.44. The Morgan fingerprint density at radius 1 is 1.32 bits per heavy atom. The summed E-state index contributed by atoms with van der Waals surface area (Å²) in [7, 11) is 0. The standard InChI is InChI=1S/C16H18N2O4/c1-15(2,3)22-14(21)18-8-16(9-18)7-17-12-10(13(19)20)5-4-6-11(12)16/h4-7H,8-9H2,1-3H3,(H,19,20). The molecule has 1 N–H and O–H groups in total. The summed E-state index contributed by atoms with van der Waals surface area (Å²) in [6, 6.07) is 5.14. The topological polar surface area (TPSA) is 79.2 Å². The quantitative estimate of drug-likeness (QED) is 0.864. The number of hydrogen-bond acceptors (Lipinski definition) is 4. The molecule has 116 valence electrons. The van der Waals surface area contributed by atoms with Gasteiger partial charge in [-0.25, -0.2) is 9.59 Å². The van der Waals surface area contributed by atoms with E-state index in [2.05, 4.69) is 4.99 Å². The maximum atomic E-state index is 12.0. The third-order valence-corrected chi connectivity index (χ3v) is 3.84. The van der Waals surface area contributed by atoms with E-state index in [1.807, 2.05) is 26.8 Å². The van der Waals surface area contributed by atoms with Gasteiger partial charge in [0, 0.05) is 19.3 Å². The van der Waals surface area contributed by atoms with Crippen molar-refractivity contribution < 1.29 is 19.4 Å². The Hall–Kier alpha value is -2.37. The highest BCUT2D eigenvalue weighted by atomic mass is 16.6. The molecule has 0 atom stereocenters. The number of amides is 1. The molecule has 3 rings (SSSR count). The first kappa shape index (κ1) is 14.6. The summed E-state index contributed by atoms with van der Waals surface area (Å²) < 4.78 is 5.34. The summed E-state index contributed by atoms with van der Waals surface area (Å²) >= 11 is 0. The second-order valence-corrected chi connectivity index (χ2v) is 6.76. The number of likely N-dealkylation sites (tertiary alicyclic amines) is 1. The molecule has 0 radical (unpaired) electrons. The molecule has 1 amide bonds. The van der Waals surface area contributed by atoms with Crippen LogP contribution in [-0.4, -0.2) is 47.0 Å². The van der Waals surface area contributed by atoms with Crippen molar-refractivity contribution in [1.29, 1.82) is 0 Å². The molecule has 0 aliphatic carbocycles. The zero-order chi connectivity index (χ0) is 16.1. The zero-order valence-electron chi connectivity index (χ0n) is 12.8. The van der Waals surface area contributed by atoms with Crippen molar-refractivity contribution in [3.05, 3.63) is 29.3 Å². The molecule has 6 nitrogen and oxygen atoms in total. The number of para-hydroxylation sites is 1. The van der Waals surface area contributed by atoms with Gasteiger partial charge in [-0.3, -0.25) is 4.99 Å². The first-order chi connectivity index (χ1) is 10.2. The van der Waals surface area contributed by atoms with Gasteiger partial charge in [-0.2, -0.15) is 0 Å². The van der Waals surface area contributed by atoms with Gasteiger partial charge in [0.15, 0.2) is 0 Å². The van der Waals surface area contributed by atoms with Gasteiger partial charge in [-0.1, -0.05) is 12.1 Å². The van der Waals surface area contributed by atoms with E-state index >= 15 is 0 Å². The second kappa shape index (κ2) is 4.56. The van der Waals surface area contributed by atoms with E-state index in [0.717, 1.165) is 5.56 Å². The lowest BCUT2D eigenvalue weighted by molar-refractivity contribution is 0.00222. The Morgan fingerprint density at radius 3 is 2.59 bits per heavy atom. The largest absolute Gasteiger partial charge is 0.478 e. The molecule has 1 saturated heterocycles. The highest BCUT2D eigenvalue weighted by Gasteiger charge is 2.50. The molecular weight excluding hydrogens is 284 g/mol. The van der Waals surface area contributed by atoms with Crippen LogP contribution in [0.25, 0.3) is 0 Å². The smallest absolute Gasteiger partial charge is 0.410 e. The number of aromatic carboxylic acids is 1. The van der Waals surface area contributed by atoms with Crippen LogP contribution in [0.4, 0.5) is 10.5 Å². The van der Waals surface area contributed by atoms with Gasteiger partial charge < -0.3 is 14.7 Å². The fourth-order valence-corrected chi connectivity index (χ4v) is 2.86. The number of rotatable bonds is 1. The van der Waals surface area contributed by atoms with Gasteiger partial charge in [-0.05, 0) is 32.4 Å². The summed E-state index contributed by atoms with van der Waals surface area (Å²) in [5.41, 5.74) is 0.655. The lowest BCUT2D eigenvalue weighted by Gasteiger charge is -2.46. The number of fused-ring (bicyclic) bond motifs is 2. The average molecular weight is 302 g/mol. The average Bonchev–Trinajstić information content (AvgIpc) is 2.73. The van der Waals surface area contributed by atoms with E-state index in [-0.39, 0.29) is 17.1 Å². The van der Waals surface area contributed by atoms with Crippen molar-refractivity contribution in [1.82, 2.24) is 4.90 Å². The van der Waals surface area contributed by atoms with E-state index in [1.54, 1.807) is 23.2 Å². The molecule has 0 saturated carbocycles. The minimum atomic E-state index is -0.991. The molecule has 2 heterocycles. The summed E-state index contributed by atoms with van der Waals surface area (Å²) in [4.78, 5) is 29.2. The molecule has 2 aliphatic heterocycles. The Balaban J connectivity index is 1.79. The first-order valence-electron chi connectivity index (χ1n) is 7.12. The van der Waals surface area contributed by atoms with Crippen LogP contribution in [0.2, 0.25) is 0 Å². The molecule has 0 unspecified atom stereocenters. The molecule has 1 fully saturated rings. The fraction of sp³-hybridized carbons (Fsp3) is 0.438. The number of carbonyl (C=O) groups is 2. The van der Waals surface area contributed by atoms with Crippen LogP contribution in [0.3, 0.4) is 0 Å². The first-order valence-corrected chi connectivity index (χ1v) is 7.12. The minimum Gasteiger partial charge on any atom is -0.478 e. The molecule has 6 heteroatoms. The van der Waals surface area contributed by atoms with Gasteiger partial charge in [-0.15, -0.1) is 0 Å². The summed E-state index contributed by atoms with van der Waals surface area (Å²) in [6.45, 7) is 6.40. The number of carbonyl (C=O) groups excluding carboxylic acids is 1. The number of carboxylic acid groups (broad SMARTS) is 1. The van der Waals surface area contributed by atoms with Crippen LogP contribution in [-0.2, 0) is 10.2 Å². The van der Waals surface area contributed by atoms with Gasteiger partial charge in [0.1, 0.15) is 5.60 Å². The van der Waals surface area contributed by atoms with Crippen molar-refractivity contribution in [3.8, 4) is 0 Å². The van der Waals surface area contributed by atoms with Gasteiger partial charge in [0.25, 0.3) is 0 Å². The summed E-state index contributed by atoms with van der Waals surface area (Å²) in [5.74, 6) is -0.991. The van der Waals surface area contributed by atoms with Crippen LogP contribution in [0, 0.1) is 0 Å². The Bertz CT molecular complexity index is 682. The van der Waals surface area contributed by atoms with E-state index in [9.17, 15) is 14.7 Å². The van der Waals surface area contributed by atoms with Crippen LogP contribution < -0.4 is 0 Å². The third-order valence-electron chi connectivity index (χ3n) is 3.84. The number of carboxylic acids is 1. The molecular formula is C16H18N2O4. The molecule has 22 heavy (non-hydrogen) atoms. The predicted molar refractivity (Wildman–Crippen MR) is 81.0 cm³/mol. The highest BCUT2D eigenvalue weighted by molar-refractivity contribution is 6.00. The Labute approximate surface area is 128 Å². The van der Waals surface area contributed by atoms with E-state index in [0.29, 0.717) is 18.8 Å².